The third-order valence-corrected chi connectivity index (χ3v) is 2.91. The summed E-state index contributed by atoms with van der Waals surface area (Å²) in [6, 6.07) is 5.19. The Balaban J connectivity index is 2.69. The van der Waals surface area contributed by atoms with Crippen LogP contribution in [0.4, 0.5) is 5.69 Å². The number of nitrogens with one attached hydrogen (secondary N) is 1. The lowest BCUT2D eigenvalue weighted by atomic mass is 10.1. The van der Waals surface area contributed by atoms with Gasteiger partial charge in [-0.1, -0.05) is 26.3 Å². The molecule has 0 aliphatic carbocycles. The van der Waals surface area contributed by atoms with E-state index in [1.165, 1.54) is 12.8 Å². The fourth-order valence-electron chi connectivity index (χ4n) is 1.82. The van der Waals surface area contributed by atoms with Gasteiger partial charge >= 0.3 is 5.97 Å². The van der Waals surface area contributed by atoms with Gasteiger partial charge in [-0.3, -0.25) is 0 Å². The number of carboxylic acid groups (broad SMARTS) is 1. The second-order valence-corrected chi connectivity index (χ2v) is 4.61. The largest absolute Gasteiger partial charge is 0.478 e. The van der Waals surface area contributed by atoms with Crippen molar-refractivity contribution in [2.24, 2.45) is 5.92 Å². The summed E-state index contributed by atoms with van der Waals surface area (Å²) in [5.41, 5.74) is 2.34. The molecule has 3 heteroatoms. The van der Waals surface area contributed by atoms with Gasteiger partial charge < -0.3 is 10.4 Å². The number of carboxylic acids is 1. The molecular formula is C14H21NO2. The van der Waals surface area contributed by atoms with Crippen LogP contribution in [0.5, 0.6) is 0 Å². The minimum Gasteiger partial charge on any atom is -0.478 e. The monoisotopic (exact) mass is 235 g/mol. The third-order valence-electron chi connectivity index (χ3n) is 2.91. The number of carbonyl (C=O) groups is 1. The number of rotatable bonds is 6. The van der Waals surface area contributed by atoms with Gasteiger partial charge in [0.25, 0.3) is 0 Å². The molecule has 94 valence electrons. The van der Waals surface area contributed by atoms with Crippen molar-refractivity contribution in [1.29, 1.82) is 0 Å². The molecule has 2 N–H and O–H groups in total. The molecule has 1 rings (SSSR count). The van der Waals surface area contributed by atoms with Crippen molar-refractivity contribution in [2.75, 3.05) is 11.9 Å². The highest BCUT2D eigenvalue weighted by Crippen LogP contribution is 2.18. The van der Waals surface area contributed by atoms with E-state index in [4.69, 9.17) is 5.11 Å². The van der Waals surface area contributed by atoms with E-state index in [9.17, 15) is 4.79 Å². The Morgan fingerprint density at radius 3 is 2.76 bits per heavy atom. The molecule has 0 spiro atoms. The molecule has 1 unspecified atom stereocenters. The Morgan fingerprint density at radius 2 is 2.18 bits per heavy atom. The van der Waals surface area contributed by atoms with E-state index in [2.05, 4.69) is 19.2 Å². The molecule has 1 aromatic carbocycles. The van der Waals surface area contributed by atoms with Gasteiger partial charge in [0.1, 0.15) is 0 Å². The summed E-state index contributed by atoms with van der Waals surface area (Å²) < 4.78 is 0. The normalized spacial score (nSPS) is 12.2. The quantitative estimate of drug-likeness (QED) is 0.792. The second-order valence-electron chi connectivity index (χ2n) is 4.61. The van der Waals surface area contributed by atoms with Gasteiger partial charge in [0.2, 0.25) is 0 Å². The van der Waals surface area contributed by atoms with E-state index in [0.29, 0.717) is 11.5 Å². The van der Waals surface area contributed by atoms with Crippen molar-refractivity contribution < 1.29 is 9.90 Å². The van der Waals surface area contributed by atoms with Crippen LogP contribution in [-0.2, 0) is 0 Å². The molecule has 0 aliphatic heterocycles. The summed E-state index contributed by atoms with van der Waals surface area (Å²) in [6.07, 6.45) is 2.36. The third kappa shape index (κ3) is 4.10. The van der Waals surface area contributed by atoms with Gasteiger partial charge in [0, 0.05) is 12.2 Å². The first-order valence-corrected chi connectivity index (χ1v) is 6.12. The summed E-state index contributed by atoms with van der Waals surface area (Å²) in [6.45, 7) is 7.25. The topological polar surface area (TPSA) is 49.3 Å². The molecule has 0 saturated heterocycles. The van der Waals surface area contributed by atoms with Crippen LogP contribution in [0.3, 0.4) is 0 Å². The molecule has 0 saturated carbocycles. The first kappa shape index (κ1) is 13.6. The number of benzene rings is 1. The van der Waals surface area contributed by atoms with Crippen LogP contribution in [0.2, 0.25) is 0 Å². The van der Waals surface area contributed by atoms with Gasteiger partial charge in [-0.25, -0.2) is 4.79 Å². The maximum absolute atomic E-state index is 10.9. The lowest BCUT2D eigenvalue weighted by Crippen LogP contribution is -2.12. The fraction of sp³-hybridized carbons (Fsp3) is 0.500. The minimum atomic E-state index is -0.880. The van der Waals surface area contributed by atoms with E-state index < -0.39 is 5.97 Å². The number of aromatic carboxylic acids is 1. The zero-order valence-electron chi connectivity index (χ0n) is 10.8. The molecule has 0 radical (unpaired) electrons. The molecule has 1 aromatic rings. The Labute approximate surface area is 103 Å². The number of hydrogen-bond donors (Lipinski definition) is 2. The minimum absolute atomic E-state index is 0.334. The smallest absolute Gasteiger partial charge is 0.335 e. The molecule has 1 atom stereocenters. The van der Waals surface area contributed by atoms with E-state index >= 15 is 0 Å². The summed E-state index contributed by atoms with van der Waals surface area (Å²) in [7, 11) is 0. The molecule has 0 aliphatic rings. The van der Waals surface area contributed by atoms with Gasteiger partial charge in [-0.05, 0) is 37.0 Å². The molecule has 0 fully saturated rings. The molecule has 0 aromatic heterocycles. The summed E-state index contributed by atoms with van der Waals surface area (Å²) in [5.74, 6) is -0.275. The van der Waals surface area contributed by atoms with Crippen molar-refractivity contribution in [2.45, 2.75) is 33.6 Å². The van der Waals surface area contributed by atoms with E-state index in [1.54, 1.807) is 12.1 Å². The van der Waals surface area contributed by atoms with E-state index in [0.717, 1.165) is 17.8 Å². The Hall–Kier alpha value is -1.51. The van der Waals surface area contributed by atoms with Crippen LogP contribution in [-0.4, -0.2) is 17.6 Å². The van der Waals surface area contributed by atoms with Crippen LogP contribution in [0.25, 0.3) is 0 Å². The number of anilines is 1. The molecule has 0 amide bonds. The van der Waals surface area contributed by atoms with Gasteiger partial charge in [0.05, 0.1) is 5.56 Å². The zero-order valence-corrected chi connectivity index (χ0v) is 10.8. The first-order chi connectivity index (χ1) is 8.04. The molecule has 0 heterocycles. The van der Waals surface area contributed by atoms with Crippen molar-refractivity contribution in [3.05, 3.63) is 29.3 Å². The highest BCUT2D eigenvalue weighted by molar-refractivity contribution is 5.89. The SMILES string of the molecule is CCCC(C)CNc1cc(C(=O)O)ccc1C. The average molecular weight is 235 g/mol. The predicted molar refractivity (Wildman–Crippen MR) is 70.7 cm³/mol. The van der Waals surface area contributed by atoms with E-state index in [1.807, 2.05) is 13.0 Å². The molecular weight excluding hydrogens is 214 g/mol. The zero-order chi connectivity index (χ0) is 12.8. The van der Waals surface area contributed by atoms with Crippen LogP contribution in [0, 0.1) is 12.8 Å². The lowest BCUT2D eigenvalue weighted by molar-refractivity contribution is 0.0697. The highest BCUT2D eigenvalue weighted by atomic mass is 16.4. The highest BCUT2D eigenvalue weighted by Gasteiger charge is 2.07. The summed E-state index contributed by atoms with van der Waals surface area (Å²) >= 11 is 0. The van der Waals surface area contributed by atoms with Crippen molar-refractivity contribution in [3.63, 3.8) is 0 Å². The molecule has 3 nitrogen and oxygen atoms in total. The average Bonchev–Trinajstić information content (AvgIpc) is 2.28. The fourth-order valence-corrected chi connectivity index (χ4v) is 1.82. The van der Waals surface area contributed by atoms with Crippen molar-refractivity contribution >= 4 is 11.7 Å². The van der Waals surface area contributed by atoms with Gasteiger partial charge in [0.15, 0.2) is 0 Å². The maximum Gasteiger partial charge on any atom is 0.335 e. The van der Waals surface area contributed by atoms with Crippen molar-refractivity contribution in [1.82, 2.24) is 0 Å². The Kier molecular flexibility index (Phi) is 5.01. The first-order valence-electron chi connectivity index (χ1n) is 6.12. The molecule has 17 heavy (non-hydrogen) atoms. The predicted octanol–water partition coefficient (Wildman–Crippen LogP) is 3.54. The summed E-state index contributed by atoms with van der Waals surface area (Å²) in [5, 5.41) is 12.3. The van der Waals surface area contributed by atoms with Crippen LogP contribution in [0.1, 0.15) is 42.6 Å². The molecule has 0 bridgehead atoms. The van der Waals surface area contributed by atoms with Crippen molar-refractivity contribution in [3.8, 4) is 0 Å². The number of aryl methyl sites for hydroxylation is 1. The standard InChI is InChI=1S/C14H21NO2/c1-4-5-10(2)9-15-13-8-12(14(16)17)7-6-11(13)3/h6-8,10,15H,4-5,9H2,1-3H3,(H,16,17). The van der Waals surface area contributed by atoms with Crippen LogP contribution >= 0.6 is 0 Å². The summed E-state index contributed by atoms with van der Waals surface area (Å²) in [4.78, 5) is 10.9. The van der Waals surface area contributed by atoms with Gasteiger partial charge in [-0.2, -0.15) is 0 Å². The Bertz CT molecular complexity index is 388. The lowest BCUT2D eigenvalue weighted by Gasteiger charge is -2.14. The van der Waals surface area contributed by atoms with Crippen LogP contribution < -0.4 is 5.32 Å². The maximum atomic E-state index is 10.9. The Morgan fingerprint density at radius 1 is 1.47 bits per heavy atom. The van der Waals surface area contributed by atoms with Gasteiger partial charge in [-0.15, -0.1) is 0 Å². The number of hydrogen-bond acceptors (Lipinski definition) is 2. The second kappa shape index (κ2) is 6.28. The van der Waals surface area contributed by atoms with Crippen LogP contribution in [0.15, 0.2) is 18.2 Å². The van der Waals surface area contributed by atoms with E-state index in [-0.39, 0.29) is 0 Å².